The van der Waals surface area contributed by atoms with Crippen molar-refractivity contribution in [3.8, 4) is 11.5 Å². The van der Waals surface area contributed by atoms with Gasteiger partial charge in [0.25, 0.3) is 0 Å². The van der Waals surface area contributed by atoms with Crippen LogP contribution in [0.4, 0.5) is 0 Å². The van der Waals surface area contributed by atoms with Gasteiger partial charge in [-0.15, -0.1) is 0 Å². The lowest BCUT2D eigenvalue weighted by atomic mass is 10.2. The summed E-state index contributed by atoms with van der Waals surface area (Å²) >= 11 is 3.32. The second-order valence-corrected chi connectivity index (χ2v) is 6.33. The number of carbonyl (C=O) groups excluding carboxylic acids is 1. The van der Waals surface area contributed by atoms with Crippen LogP contribution in [0.2, 0.25) is 0 Å². The van der Waals surface area contributed by atoms with Crippen LogP contribution in [0.1, 0.15) is 16.1 Å². The number of esters is 1. The van der Waals surface area contributed by atoms with Crippen LogP contribution >= 0.6 is 15.9 Å². The first-order valence-electron chi connectivity index (χ1n) is 7.56. The van der Waals surface area contributed by atoms with Gasteiger partial charge in [-0.25, -0.2) is 4.79 Å². The number of hydrogen-bond donors (Lipinski definition) is 0. The Morgan fingerprint density at radius 1 is 1.04 bits per heavy atom. The number of furan rings is 1. The Morgan fingerprint density at radius 2 is 1.84 bits per heavy atom. The normalized spacial score (nSPS) is 10.9. The zero-order valence-corrected chi connectivity index (χ0v) is 14.5. The number of rotatable bonds is 4. The average molecular weight is 398 g/mol. The molecule has 2 aromatic carbocycles. The Balaban J connectivity index is 1.46. The third kappa shape index (κ3) is 3.34. The van der Waals surface area contributed by atoms with Gasteiger partial charge in [0.05, 0.1) is 5.56 Å². The molecule has 4 aromatic rings. The minimum Gasteiger partial charge on any atom is -0.455 e. The number of hydrogen-bond acceptors (Lipinski definition) is 5. The Kier molecular flexibility index (Phi) is 4.11. The second kappa shape index (κ2) is 6.57. The van der Waals surface area contributed by atoms with Crippen LogP contribution in [0.5, 0.6) is 0 Å². The molecule has 0 spiro atoms. The molecule has 2 aromatic heterocycles. The molecule has 4 rings (SSSR count). The fourth-order valence-electron chi connectivity index (χ4n) is 2.41. The zero-order chi connectivity index (χ0) is 17.2. The van der Waals surface area contributed by atoms with E-state index >= 15 is 0 Å². The predicted octanol–water partition coefficient (Wildman–Crippen LogP) is 5.21. The maximum Gasteiger partial charge on any atom is 0.338 e. The smallest absolute Gasteiger partial charge is 0.338 e. The molecule has 0 aliphatic carbocycles. The van der Waals surface area contributed by atoms with E-state index in [1.807, 2.05) is 30.3 Å². The lowest BCUT2D eigenvalue weighted by Crippen LogP contribution is -2.05. The number of para-hydroxylation sites is 1. The van der Waals surface area contributed by atoms with Gasteiger partial charge in [-0.05, 0) is 36.4 Å². The highest BCUT2D eigenvalue weighted by molar-refractivity contribution is 9.10. The molecule has 0 atom stereocenters. The Hall–Kier alpha value is -2.86. The molecule has 2 heterocycles. The topological polar surface area (TPSA) is 65.5 Å². The summed E-state index contributed by atoms with van der Waals surface area (Å²) in [6, 6.07) is 18.2. The number of benzene rings is 2. The first-order valence-corrected chi connectivity index (χ1v) is 8.35. The molecule has 0 radical (unpaired) electrons. The fraction of sp³-hybridized carbons (Fsp3) is 0.0526. The number of nitrogens with zero attached hydrogens (tertiary/aromatic N) is 1. The standard InChI is InChI=1S/C19H12BrNO4/c20-14-7-5-12(6-8-14)19(22)23-11-15-10-18(25-21-15)17-9-13-3-1-2-4-16(13)24-17/h1-10H,11H2. The molecule has 0 saturated heterocycles. The van der Waals surface area contributed by atoms with E-state index in [2.05, 4.69) is 21.1 Å². The number of halogens is 1. The van der Waals surface area contributed by atoms with Crippen LogP contribution in [-0.2, 0) is 11.3 Å². The summed E-state index contributed by atoms with van der Waals surface area (Å²) in [5, 5.41) is 4.91. The third-order valence-corrected chi connectivity index (χ3v) is 4.19. The summed E-state index contributed by atoms with van der Waals surface area (Å²) in [5.41, 5.74) is 1.77. The number of carbonyl (C=O) groups is 1. The molecule has 0 amide bonds. The summed E-state index contributed by atoms with van der Waals surface area (Å²) in [5.74, 6) is 0.658. The van der Waals surface area contributed by atoms with E-state index in [1.54, 1.807) is 30.3 Å². The molecule has 0 saturated carbocycles. The summed E-state index contributed by atoms with van der Waals surface area (Å²) in [4.78, 5) is 12.0. The van der Waals surface area contributed by atoms with Crippen LogP contribution < -0.4 is 0 Å². The maximum absolute atomic E-state index is 12.0. The summed E-state index contributed by atoms with van der Waals surface area (Å²) in [6.45, 7) is 0.0264. The zero-order valence-electron chi connectivity index (χ0n) is 12.9. The molecular weight excluding hydrogens is 386 g/mol. The van der Waals surface area contributed by atoms with Gasteiger partial charge in [0.15, 0.2) is 5.76 Å². The summed E-state index contributed by atoms with van der Waals surface area (Å²) in [7, 11) is 0. The van der Waals surface area contributed by atoms with E-state index in [4.69, 9.17) is 13.7 Å². The largest absolute Gasteiger partial charge is 0.455 e. The van der Waals surface area contributed by atoms with Crippen molar-refractivity contribution >= 4 is 32.9 Å². The predicted molar refractivity (Wildman–Crippen MR) is 95.0 cm³/mol. The number of ether oxygens (including phenoxy) is 1. The van der Waals surface area contributed by atoms with Gasteiger partial charge < -0.3 is 13.7 Å². The van der Waals surface area contributed by atoms with Crippen LogP contribution in [0.3, 0.4) is 0 Å². The third-order valence-electron chi connectivity index (χ3n) is 3.66. The lowest BCUT2D eigenvalue weighted by molar-refractivity contribution is 0.0464. The summed E-state index contributed by atoms with van der Waals surface area (Å²) in [6.07, 6.45) is 0. The van der Waals surface area contributed by atoms with E-state index in [9.17, 15) is 4.79 Å². The Bertz CT molecular complexity index is 1000. The van der Waals surface area contributed by atoms with E-state index in [-0.39, 0.29) is 6.61 Å². The number of fused-ring (bicyclic) bond motifs is 1. The summed E-state index contributed by atoms with van der Waals surface area (Å²) < 4.78 is 17.2. The van der Waals surface area contributed by atoms with Crippen LogP contribution in [-0.4, -0.2) is 11.1 Å². The monoisotopic (exact) mass is 397 g/mol. The lowest BCUT2D eigenvalue weighted by Gasteiger charge is -2.02. The van der Waals surface area contributed by atoms with Gasteiger partial charge in [0, 0.05) is 15.9 Å². The fourth-order valence-corrected chi connectivity index (χ4v) is 2.67. The quantitative estimate of drug-likeness (QED) is 0.442. The van der Waals surface area contributed by atoms with E-state index in [0.717, 1.165) is 15.4 Å². The SMILES string of the molecule is O=C(OCc1cc(-c2cc3ccccc3o2)on1)c1ccc(Br)cc1. The van der Waals surface area contributed by atoms with Crippen molar-refractivity contribution < 1.29 is 18.5 Å². The van der Waals surface area contributed by atoms with Crippen molar-refractivity contribution in [1.82, 2.24) is 5.16 Å². The van der Waals surface area contributed by atoms with E-state index in [0.29, 0.717) is 22.8 Å². The van der Waals surface area contributed by atoms with Crippen LogP contribution in [0.25, 0.3) is 22.5 Å². The molecule has 124 valence electrons. The minimum atomic E-state index is -0.416. The molecule has 0 fully saturated rings. The van der Waals surface area contributed by atoms with Crippen molar-refractivity contribution in [3.05, 3.63) is 76.4 Å². The van der Waals surface area contributed by atoms with E-state index in [1.165, 1.54) is 0 Å². The highest BCUT2D eigenvalue weighted by atomic mass is 79.9. The molecule has 0 N–H and O–H groups in total. The van der Waals surface area contributed by atoms with Crippen LogP contribution in [0, 0.1) is 0 Å². The van der Waals surface area contributed by atoms with Crippen molar-refractivity contribution in [2.45, 2.75) is 6.61 Å². The molecule has 25 heavy (non-hydrogen) atoms. The molecule has 0 aliphatic rings. The van der Waals surface area contributed by atoms with E-state index < -0.39 is 5.97 Å². The molecule has 0 bridgehead atoms. The molecule has 6 heteroatoms. The minimum absolute atomic E-state index is 0.0264. The second-order valence-electron chi connectivity index (χ2n) is 5.41. The molecular formula is C19H12BrNO4. The Labute approximate surface area is 151 Å². The van der Waals surface area contributed by atoms with Crippen molar-refractivity contribution in [2.75, 3.05) is 0 Å². The van der Waals surface area contributed by atoms with Gasteiger partial charge in [0.1, 0.15) is 17.9 Å². The van der Waals surface area contributed by atoms with Crippen molar-refractivity contribution in [1.29, 1.82) is 0 Å². The Morgan fingerprint density at radius 3 is 2.64 bits per heavy atom. The molecule has 0 unspecified atom stereocenters. The van der Waals surface area contributed by atoms with Gasteiger partial charge in [-0.2, -0.15) is 0 Å². The van der Waals surface area contributed by atoms with Crippen molar-refractivity contribution in [2.24, 2.45) is 0 Å². The average Bonchev–Trinajstić information content (AvgIpc) is 3.26. The van der Waals surface area contributed by atoms with Gasteiger partial charge in [-0.1, -0.05) is 39.3 Å². The number of aromatic nitrogens is 1. The maximum atomic E-state index is 12.0. The first-order chi connectivity index (χ1) is 12.2. The van der Waals surface area contributed by atoms with Gasteiger partial charge in [0.2, 0.25) is 5.76 Å². The van der Waals surface area contributed by atoms with Crippen LogP contribution in [0.15, 0.2) is 74.1 Å². The van der Waals surface area contributed by atoms with Gasteiger partial charge in [-0.3, -0.25) is 0 Å². The van der Waals surface area contributed by atoms with Gasteiger partial charge >= 0.3 is 5.97 Å². The highest BCUT2D eigenvalue weighted by Gasteiger charge is 2.14. The molecule has 0 aliphatic heterocycles. The highest BCUT2D eigenvalue weighted by Crippen LogP contribution is 2.28. The molecule has 5 nitrogen and oxygen atoms in total. The van der Waals surface area contributed by atoms with Crippen molar-refractivity contribution in [3.63, 3.8) is 0 Å². The first kappa shape index (κ1) is 15.7.